The highest BCUT2D eigenvalue weighted by Crippen LogP contribution is 2.49. The molecule has 1 nitrogen and oxygen atoms in total. The van der Waals surface area contributed by atoms with Crippen LogP contribution in [0.4, 0.5) is 0 Å². The summed E-state index contributed by atoms with van der Waals surface area (Å²) in [6.07, 6.45) is 14.5. The fraction of sp³-hybridized carbons (Fsp3) is 1.00. The molecule has 3 fully saturated rings. The van der Waals surface area contributed by atoms with Crippen LogP contribution in [0.2, 0.25) is 0 Å². The van der Waals surface area contributed by atoms with Gasteiger partial charge in [0.05, 0.1) is 0 Å². The summed E-state index contributed by atoms with van der Waals surface area (Å²) in [5.74, 6) is 7.01. The molecule has 0 aromatic rings. The molecule has 128 valence electrons. The van der Waals surface area contributed by atoms with Gasteiger partial charge in [-0.2, -0.15) is 0 Å². The van der Waals surface area contributed by atoms with E-state index < -0.39 is 0 Å². The van der Waals surface area contributed by atoms with E-state index in [1.54, 1.807) is 0 Å². The second-order valence-corrected chi connectivity index (χ2v) is 9.45. The van der Waals surface area contributed by atoms with Gasteiger partial charge in [0.25, 0.3) is 0 Å². The molecule has 0 saturated heterocycles. The van der Waals surface area contributed by atoms with Crippen LogP contribution < -0.4 is 5.73 Å². The lowest BCUT2D eigenvalue weighted by molar-refractivity contribution is 0.0425. The number of hydrogen-bond donors (Lipinski definition) is 1. The van der Waals surface area contributed by atoms with E-state index in [1.807, 2.05) is 0 Å². The van der Waals surface area contributed by atoms with Crippen molar-refractivity contribution in [2.24, 2.45) is 47.2 Å². The van der Waals surface area contributed by atoms with E-state index >= 15 is 0 Å². The van der Waals surface area contributed by atoms with Gasteiger partial charge in [-0.3, -0.25) is 0 Å². The van der Waals surface area contributed by atoms with Crippen molar-refractivity contribution in [2.45, 2.75) is 91.0 Å². The fourth-order valence-corrected chi connectivity index (χ4v) is 6.47. The zero-order chi connectivity index (χ0) is 15.7. The third kappa shape index (κ3) is 3.71. The molecule has 3 rings (SSSR count). The molecule has 0 aliphatic heterocycles. The molecule has 1 heteroatoms. The Kier molecular flexibility index (Phi) is 5.53. The minimum atomic E-state index is 0.509. The Labute approximate surface area is 138 Å². The standard InChI is InChI=1S/C21H39N/c1-14-4-10-20(15(2)12-14)21-11-7-18(13-16(21)3)17-5-8-19(22)9-6-17/h14-21H,4-13,22H2,1-3H3. The highest BCUT2D eigenvalue weighted by atomic mass is 14.6. The predicted molar refractivity (Wildman–Crippen MR) is 95.6 cm³/mol. The molecule has 3 saturated carbocycles. The van der Waals surface area contributed by atoms with Crippen molar-refractivity contribution in [1.29, 1.82) is 0 Å². The second-order valence-electron chi connectivity index (χ2n) is 9.45. The highest BCUT2D eigenvalue weighted by molar-refractivity contribution is 4.90. The molecule has 2 N–H and O–H groups in total. The maximum Gasteiger partial charge on any atom is 0.00390 e. The molecule has 6 unspecified atom stereocenters. The van der Waals surface area contributed by atoms with E-state index in [1.165, 1.54) is 64.2 Å². The summed E-state index contributed by atoms with van der Waals surface area (Å²) in [4.78, 5) is 0. The Morgan fingerprint density at radius 3 is 1.73 bits per heavy atom. The molecule has 3 aliphatic carbocycles. The summed E-state index contributed by atoms with van der Waals surface area (Å²) < 4.78 is 0. The van der Waals surface area contributed by atoms with Crippen molar-refractivity contribution < 1.29 is 0 Å². The predicted octanol–water partition coefficient (Wildman–Crippen LogP) is 5.63. The first-order valence-corrected chi connectivity index (χ1v) is 10.3. The summed E-state index contributed by atoms with van der Waals surface area (Å²) in [6, 6.07) is 0.509. The lowest BCUT2D eigenvalue weighted by atomic mass is 9.59. The van der Waals surface area contributed by atoms with Crippen LogP contribution in [0, 0.1) is 41.4 Å². The second kappa shape index (κ2) is 7.24. The van der Waals surface area contributed by atoms with Gasteiger partial charge >= 0.3 is 0 Å². The lowest BCUT2D eigenvalue weighted by Crippen LogP contribution is -2.38. The van der Waals surface area contributed by atoms with Gasteiger partial charge in [0.15, 0.2) is 0 Å². The zero-order valence-corrected chi connectivity index (χ0v) is 15.3. The molecule has 3 aliphatic rings. The third-order valence-electron chi connectivity index (χ3n) is 7.81. The quantitative estimate of drug-likeness (QED) is 0.703. The van der Waals surface area contributed by atoms with Gasteiger partial charge in [-0.25, -0.2) is 0 Å². The molecule has 0 aromatic carbocycles. The molecule has 0 spiro atoms. The summed E-state index contributed by atoms with van der Waals surface area (Å²) in [6.45, 7) is 7.58. The highest BCUT2D eigenvalue weighted by Gasteiger charge is 2.39. The average Bonchev–Trinajstić information content (AvgIpc) is 2.49. The van der Waals surface area contributed by atoms with Crippen LogP contribution in [-0.2, 0) is 0 Å². The minimum Gasteiger partial charge on any atom is -0.328 e. The molecule has 6 atom stereocenters. The topological polar surface area (TPSA) is 26.0 Å². The third-order valence-corrected chi connectivity index (χ3v) is 7.81. The summed E-state index contributed by atoms with van der Waals surface area (Å²) in [5, 5.41) is 0. The molecule has 0 amide bonds. The smallest absolute Gasteiger partial charge is 0.00390 e. The Morgan fingerprint density at radius 1 is 0.591 bits per heavy atom. The molecule has 22 heavy (non-hydrogen) atoms. The van der Waals surface area contributed by atoms with Crippen LogP contribution in [-0.4, -0.2) is 6.04 Å². The monoisotopic (exact) mass is 305 g/mol. The van der Waals surface area contributed by atoms with E-state index in [2.05, 4.69) is 20.8 Å². The van der Waals surface area contributed by atoms with Gasteiger partial charge in [0.1, 0.15) is 0 Å². The SMILES string of the molecule is CC1CCC(C2CCC(C3CCC(N)CC3)CC2C)C(C)C1. The van der Waals surface area contributed by atoms with Crippen molar-refractivity contribution in [3.8, 4) is 0 Å². The first kappa shape index (κ1) is 16.8. The van der Waals surface area contributed by atoms with Crippen LogP contribution in [0.1, 0.15) is 85.0 Å². The van der Waals surface area contributed by atoms with Crippen LogP contribution in [0.3, 0.4) is 0 Å². The molecule has 0 heterocycles. The average molecular weight is 306 g/mol. The number of rotatable bonds is 2. The van der Waals surface area contributed by atoms with Gasteiger partial charge < -0.3 is 5.73 Å². The minimum absolute atomic E-state index is 0.509. The van der Waals surface area contributed by atoms with Gasteiger partial charge in [0.2, 0.25) is 0 Å². The Balaban J connectivity index is 1.54. The molecule has 0 radical (unpaired) electrons. The van der Waals surface area contributed by atoms with E-state index in [-0.39, 0.29) is 0 Å². The van der Waals surface area contributed by atoms with Crippen molar-refractivity contribution in [2.75, 3.05) is 0 Å². The maximum absolute atomic E-state index is 6.10. The van der Waals surface area contributed by atoms with Crippen LogP contribution in [0.25, 0.3) is 0 Å². The van der Waals surface area contributed by atoms with Crippen LogP contribution in [0.15, 0.2) is 0 Å². The largest absolute Gasteiger partial charge is 0.328 e. The molecule has 0 bridgehead atoms. The normalized spacial score (nSPS) is 50.7. The summed E-state index contributed by atoms with van der Waals surface area (Å²) >= 11 is 0. The van der Waals surface area contributed by atoms with Gasteiger partial charge in [0, 0.05) is 6.04 Å². The molecular formula is C21H39N. The Hall–Kier alpha value is -0.0400. The molecular weight excluding hydrogens is 266 g/mol. The van der Waals surface area contributed by atoms with E-state index in [0.29, 0.717) is 6.04 Å². The summed E-state index contributed by atoms with van der Waals surface area (Å²) in [7, 11) is 0. The van der Waals surface area contributed by atoms with Crippen LogP contribution >= 0.6 is 0 Å². The van der Waals surface area contributed by atoms with Crippen molar-refractivity contribution in [3.63, 3.8) is 0 Å². The van der Waals surface area contributed by atoms with E-state index in [9.17, 15) is 0 Å². The van der Waals surface area contributed by atoms with Crippen molar-refractivity contribution >= 4 is 0 Å². The summed E-state index contributed by atoms with van der Waals surface area (Å²) in [5.41, 5.74) is 6.10. The Morgan fingerprint density at radius 2 is 1.14 bits per heavy atom. The fourth-order valence-electron chi connectivity index (χ4n) is 6.47. The van der Waals surface area contributed by atoms with Crippen molar-refractivity contribution in [1.82, 2.24) is 0 Å². The van der Waals surface area contributed by atoms with Crippen LogP contribution in [0.5, 0.6) is 0 Å². The van der Waals surface area contributed by atoms with Gasteiger partial charge in [-0.15, -0.1) is 0 Å². The van der Waals surface area contributed by atoms with Gasteiger partial charge in [-0.05, 0) is 99.2 Å². The maximum atomic E-state index is 6.10. The van der Waals surface area contributed by atoms with E-state index in [0.717, 1.165) is 41.4 Å². The first-order chi connectivity index (χ1) is 10.5. The van der Waals surface area contributed by atoms with Gasteiger partial charge in [-0.1, -0.05) is 27.2 Å². The first-order valence-electron chi connectivity index (χ1n) is 10.3. The number of nitrogens with two attached hydrogens (primary N) is 1. The molecule has 0 aromatic heterocycles. The lowest BCUT2D eigenvalue weighted by Gasteiger charge is -2.46. The Bertz CT molecular complexity index is 344. The van der Waals surface area contributed by atoms with E-state index in [4.69, 9.17) is 5.73 Å². The zero-order valence-electron chi connectivity index (χ0n) is 15.3. The number of hydrogen-bond acceptors (Lipinski definition) is 1. The van der Waals surface area contributed by atoms with Crippen molar-refractivity contribution in [3.05, 3.63) is 0 Å².